The van der Waals surface area contributed by atoms with Crippen LogP contribution in [0.3, 0.4) is 0 Å². The Labute approximate surface area is 177 Å². The lowest BCUT2D eigenvalue weighted by Crippen LogP contribution is -2.25. The normalized spacial score (nSPS) is 17.9. The van der Waals surface area contributed by atoms with Crippen molar-refractivity contribution < 1.29 is 4.74 Å². The summed E-state index contributed by atoms with van der Waals surface area (Å²) in [7, 11) is 2.12. The average Bonchev–Trinajstić information content (AvgIpc) is 3.12. The zero-order chi connectivity index (χ0) is 20.8. The van der Waals surface area contributed by atoms with Crippen molar-refractivity contribution in [3.63, 3.8) is 0 Å². The summed E-state index contributed by atoms with van der Waals surface area (Å²) in [6.07, 6.45) is 9.24. The number of ether oxygens (including phenoxy) is 1. The number of likely N-dealkylation sites (tertiary alicyclic amines) is 1. The molecule has 1 aliphatic heterocycles. The Morgan fingerprint density at radius 3 is 2.97 bits per heavy atom. The zero-order valence-electron chi connectivity index (χ0n) is 16.9. The van der Waals surface area contributed by atoms with E-state index in [1.54, 1.807) is 12.3 Å². The minimum absolute atomic E-state index is 0.240. The van der Waals surface area contributed by atoms with Gasteiger partial charge in [-0.1, -0.05) is 43.2 Å². The highest BCUT2D eigenvalue weighted by Crippen LogP contribution is 2.21. The molecular formula is C24H26ClN3O. The first kappa shape index (κ1) is 21.0. The first-order valence-corrected chi connectivity index (χ1v) is 10.1. The molecule has 0 bridgehead atoms. The lowest BCUT2D eigenvalue weighted by Gasteiger charge is -2.15. The van der Waals surface area contributed by atoms with Gasteiger partial charge in [0.15, 0.2) is 0 Å². The van der Waals surface area contributed by atoms with Crippen molar-refractivity contribution >= 4 is 35.9 Å². The molecule has 0 aliphatic carbocycles. The van der Waals surface area contributed by atoms with Gasteiger partial charge in [-0.3, -0.25) is 0 Å². The Morgan fingerprint density at radius 2 is 2.28 bits per heavy atom. The molecule has 0 aromatic heterocycles. The van der Waals surface area contributed by atoms with Crippen LogP contribution in [0.5, 0.6) is 5.75 Å². The van der Waals surface area contributed by atoms with Crippen LogP contribution in [0.15, 0.2) is 41.4 Å². The molecule has 5 heteroatoms. The SMILES string of the molecule is C#Cc1ccc(=C)/c(=C\N=C(/CC)Nc2cccc(O[C@@H]3CCN(C)C3)c2)c1Cl. The molecule has 0 spiro atoms. The Bertz CT molecular complexity index is 1050. The molecule has 1 atom stereocenters. The summed E-state index contributed by atoms with van der Waals surface area (Å²) in [6, 6.07) is 11.6. The quantitative estimate of drug-likeness (QED) is 0.468. The molecule has 0 unspecified atom stereocenters. The third-order valence-corrected chi connectivity index (χ3v) is 5.29. The Balaban J connectivity index is 1.79. The molecule has 1 heterocycles. The molecule has 0 radical (unpaired) electrons. The van der Waals surface area contributed by atoms with Gasteiger partial charge in [-0.05, 0) is 36.9 Å². The topological polar surface area (TPSA) is 36.9 Å². The van der Waals surface area contributed by atoms with E-state index >= 15 is 0 Å². The van der Waals surface area contributed by atoms with Crippen LogP contribution >= 0.6 is 11.6 Å². The van der Waals surface area contributed by atoms with E-state index < -0.39 is 0 Å². The van der Waals surface area contributed by atoms with E-state index in [-0.39, 0.29) is 6.10 Å². The summed E-state index contributed by atoms with van der Waals surface area (Å²) >= 11 is 6.39. The molecule has 3 rings (SSSR count). The number of rotatable bonds is 5. The molecule has 1 aliphatic rings. The van der Waals surface area contributed by atoms with Crippen molar-refractivity contribution in [2.24, 2.45) is 4.99 Å². The lowest BCUT2D eigenvalue weighted by molar-refractivity contribution is 0.208. The van der Waals surface area contributed by atoms with Crippen molar-refractivity contribution in [2.45, 2.75) is 25.9 Å². The number of hydrogen-bond donors (Lipinski definition) is 1. The van der Waals surface area contributed by atoms with Gasteiger partial charge in [-0.15, -0.1) is 6.42 Å². The molecule has 29 heavy (non-hydrogen) atoms. The van der Waals surface area contributed by atoms with E-state index in [1.165, 1.54) is 0 Å². The fourth-order valence-electron chi connectivity index (χ4n) is 3.24. The zero-order valence-corrected chi connectivity index (χ0v) is 17.7. The van der Waals surface area contributed by atoms with Crippen LogP contribution in [0, 0.1) is 12.3 Å². The molecule has 1 saturated heterocycles. The third kappa shape index (κ3) is 5.41. The fourth-order valence-corrected chi connectivity index (χ4v) is 3.52. The Kier molecular flexibility index (Phi) is 6.98. The second-order valence-electron chi connectivity index (χ2n) is 7.15. The predicted molar refractivity (Wildman–Crippen MR) is 123 cm³/mol. The van der Waals surface area contributed by atoms with Crippen LogP contribution in [0.1, 0.15) is 25.3 Å². The number of halogens is 1. The van der Waals surface area contributed by atoms with Gasteiger partial charge in [0.2, 0.25) is 0 Å². The summed E-state index contributed by atoms with van der Waals surface area (Å²) in [5.74, 6) is 4.25. The van der Waals surface area contributed by atoms with Gasteiger partial charge in [-0.25, -0.2) is 4.99 Å². The summed E-state index contributed by atoms with van der Waals surface area (Å²) in [6.45, 7) is 8.09. The summed E-state index contributed by atoms with van der Waals surface area (Å²) in [5.41, 5.74) is 1.56. The lowest BCUT2D eigenvalue weighted by atomic mass is 10.1. The van der Waals surface area contributed by atoms with E-state index in [0.717, 1.165) is 53.6 Å². The second kappa shape index (κ2) is 9.65. The molecular weight excluding hydrogens is 382 g/mol. The number of nitrogens with zero attached hydrogens (tertiary/aromatic N) is 2. The summed E-state index contributed by atoms with van der Waals surface area (Å²) in [5, 5.41) is 5.38. The first-order chi connectivity index (χ1) is 14.0. The number of anilines is 1. The Hall–Kier alpha value is -2.74. The number of amidine groups is 1. The van der Waals surface area contributed by atoms with Crippen LogP contribution in [0.4, 0.5) is 5.69 Å². The number of likely N-dealkylation sites (N-methyl/N-ethyl adjacent to an activating group) is 1. The second-order valence-corrected chi connectivity index (χ2v) is 7.52. The van der Waals surface area contributed by atoms with Gasteiger partial charge in [0.25, 0.3) is 0 Å². The number of nitrogens with one attached hydrogen (secondary N) is 1. The minimum atomic E-state index is 0.240. The van der Waals surface area contributed by atoms with Gasteiger partial charge in [0, 0.05) is 48.2 Å². The van der Waals surface area contributed by atoms with E-state index in [9.17, 15) is 0 Å². The van der Waals surface area contributed by atoms with Gasteiger partial charge in [0.1, 0.15) is 17.7 Å². The number of terminal acetylenes is 1. The number of hydrogen-bond acceptors (Lipinski definition) is 3. The fraction of sp³-hybridized carbons (Fsp3) is 0.292. The van der Waals surface area contributed by atoms with Crippen LogP contribution in [-0.2, 0) is 0 Å². The van der Waals surface area contributed by atoms with Crippen LogP contribution in [-0.4, -0.2) is 37.0 Å². The molecule has 4 nitrogen and oxygen atoms in total. The average molecular weight is 408 g/mol. The monoisotopic (exact) mass is 407 g/mol. The van der Waals surface area contributed by atoms with Crippen molar-refractivity contribution in [3.8, 4) is 18.1 Å². The molecule has 0 amide bonds. The van der Waals surface area contributed by atoms with Crippen molar-refractivity contribution in [1.29, 1.82) is 0 Å². The van der Waals surface area contributed by atoms with Gasteiger partial charge < -0.3 is 15.0 Å². The molecule has 0 saturated carbocycles. The number of benzene rings is 2. The summed E-state index contributed by atoms with van der Waals surface area (Å²) in [4.78, 5) is 6.87. The number of aliphatic imine (C=N–C) groups is 1. The maximum atomic E-state index is 6.39. The highest BCUT2D eigenvalue weighted by atomic mass is 35.5. The smallest absolute Gasteiger partial charge is 0.121 e. The van der Waals surface area contributed by atoms with Crippen LogP contribution in [0.25, 0.3) is 12.8 Å². The molecule has 1 fully saturated rings. The highest BCUT2D eigenvalue weighted by molar-refractivity contribution is 6.31. The van der Waals surface area contributed by atoms with E-state index in [2.05, 4.69) is 34.8 Å². The molecule has 1 N–H and O–H groups in total. The van der Waals surface area contributed by atoms with E-state index in [4.69, 9.17) is 22.8 Å². The maximum absolute atomic E-state index is 6.39. The first-order valence-electron chi connectivity index (χ1n) is 9.73. The van der Waals surface area contributed by atoms with Crippen LogP contribution in [0.2, 0.25) is 5.02 Å². The Morgan fingerprint density at radius 1 is 1.45 bits per heavy atom. The minimum Gasteiger partial charge on any atom is -0.489 e. The van der Waals surface area contributed by atoms with Crippen molar-refractivity contribution in [2.75, 3.05) is 25.5 Å². The summed E-state index contributed by atoms with van der Waals surface area (Å²) < 4.78 is 6.11. The molecule has 2 aromatic rings. The van der Waals surface area contributed by atoms with Gasteiger partial charge in [0.05, 0.1) is 5.02 Å². The molecule has 150 valence electrons. The molecule has 2 aromatic carbocycles. The highest BCUT2D eigenvalue weighted by Gasteiger charge is 2.20. The van der Waals surface area contributed by atoms with Crippen molar-refractivity contribution in [1.82, 2.24) is 4.90 Å². The largest absolute Gasteiger partial charge is 0.489 e. The third-order valence-electron chi connectivity index (χ3n) is 4.88. The van der Waals surface area contributed by atoms with E-state index in [1.807, 2.05) is 37.3 Å². The van der Waals surface area contributed by atoms with E-state index in [0.29, 0.717) is 10.6 Å². The van der Waals surface area contributed by atoms with Gasteiger partial charge >= 0.3 is 0 Å². The van der Waals surface area contributed by atoms with Crippen molar-refractivity contribution in [3.05, 3.63) is 57.4 Å². The van der Waals surface area contributed by atoms with Gasteiger partial charge in [-0.2, -0.15) is 0 Å². The standard InChI is InChI=1S/C24H26ClN3O/c1-5-18-11-10-17(3)22(24(18)25)15-26-23(6-2)27-19-8-7-9-20(14-19)29-21-12-13-28(4)16-21/h1,7-11,14-15,21H,3,6,12-13,16H2,2,4H3,(H,26,27)/b22-15+/t21-/m1/s1. The van der Waals surface area contributed by atoms with Crippen LogP contribution < -0.4 is 20.5 Å². The predicted octanol–water partition coefficient (Wildman–Crippen LogP) is 3.47. The maximum Gasteiger partial charge on any atom is 0.121 e.